The molecular weight excluding hydrogens is 332 g/mol. The summed E-state index contributed by atoms with van der Waals surface area (Å²) in [6.07, 6.45) is 1.83. The van der Waals surface area contributed by atoms with Gasteiger partial charge in [-0.15, -0.1) is 0 Å². The average molecular weight is 359 g/mol. The molecule has 2 atom stereocenters. The molecule has 0 radical (unpaired) electrons. The molecule has 0 spiro atoms. The first-order valence-electron chi connectivity index (χ1n) is 9.11. The number of Topliss-reactive ketones (excluding diaryl/α,β-unsaturated/α-hetero) is 1. The van der Waals surface area contributed by atoms with Crippen molar-refractivity contribution in [2.24, 2.45) is 5.92 Å². The number of ether oxygens (including phenoxy) is 2. The number of carbonyl (C=O) groups excluding carboxylic acids is 2. The summed E-state index contributed by atoms with van der Waals surface area (Å²) in [6.45, 7) is 4.58. The quantitative estimate of drug-likeness (QED) is 0.766. The van der Waals surface area contributed by atoms with Gasteiger partial charge in [0.2, 0.25) is 0 Å². The Hall–Kier alpha value is -1.50. The predicted octanol–water partition coefficient (Wildman–Crippen LogP) is 3.92. The Morgan fingerprint density at radius 3 is 2.72 bits per heavy atom. The minimum absolute atomic E-state index is 0.170. The lowest BCUT2D eigenvalue weighted by Crippen LogP contribution is -2.48. The maximum atomic E-state index is 15.2. The highest BCUT2D eigenvalue weighted by atomic mass is 19.3. The first-order chi connectivity index (χ1) is 11.9. The van der Waals surface area contributed by atoms with Crippen molar-refractivity contribution in [1.29, 1.82) is 0 Å². The zero-order valence-corrected chi connectivity index (χ0v) is 14.9. The van der Waals surface area contributed by atoms with Gasteiger partial charge >= 0.3 is 12.0 Å². The molecule has 2 rings (SSSR count). The Balaban J connectivity index is 2.30. The molecule has 1 aliphatic carbocycles. The standard InChI is InChI=1S/C18H27F2NO4/c1-3-21(4-2)17(23)25-15-11-7-5-6-10-14(22)16-13(18(15,19)20)9-8-12-24-16/h11,13,16H,3-10,12H2,1-2H3/b15-11-/t13-,16+/m0/s1. The molecule has 1 heterocycles. The highest BCUT2D eigenvalue weighted by Crippen LogP contribution is 2.42. The van der Waals surface area contributed by atoms with Gasteiger partial charge in [0.1, 0.15) is 6.10 Å². The highest BCUT2D eigenvalue weighted by Gasteiger charge is 2.52. The Bertz CT molecular complexity index is 517. The lowest BCUT2D eigenvalue weighted by atomic mass is 9.83. The average Bonchev–Trinajstić information content (AvgIpc) is 2.60. The van der Waals surface area contributed by atoms with E-state index in [0.29, 0.717) is 45.4 Å². The van der Waals surface area contributed by atoms with Gasteiger partial charge in [0.05, 0.1) is 5.92 Å². The summed E-state index contributed by atoms with van der Waals surface area (Å²) in [5.74, 6) is -5.62. The van der Waals surface area contributed by atoms with Crippen LogP contribution < -0.4 is 0 Å². The van der Waals surface area contributed by atoms with E-state index in [1.807, 2.05) is 0 Å². The number of amides is 1. The van der Waals surface area contributed by atoms with Gasteiger partial charge in [0, 0.05) is 26.1 Å². The van der Waals surface area contributed by atoms with Crippen LogP contribution in [-0.2, 0) is 14.3 Å². The third-order valence-corrected chi connectivity index (χ3v) is 4.86. The van der Waals surface area contributed by atoms with Crippen LogP contribution in [0.4, 0.5) is 13.6 Å². The van der Waals surface area contributed by atoms with E-state index in [9.17, 15) is 9.59 Å². The number of hydrogen-bond donors (Lipinski definition) is 0. The molecule has 1 amide bonds. The molecule has 1 aliphatic heterocycles. The molecule has 1 saturated heterocycles. The van der Waals surface area contributed by atoms with E-state index >= 15 is 8.78 Å². The van der Waals surface area contributed by atoms with Gasteiger partial charge in [-0.05, 0) is 52.0 Å². The Kier molecular flexibility index (Phi) is 6.93. The number of alkyl halides is 2. The van der Waals surface area contributed by atoms with E-state index in [1.54, 1.807) is 13.8 Å². The van der Waals surface area contributed by atoms with Crippen LogP contribution in [0, 0.1) is 5.92 Å². The second-order valence-electron chi connectivity index (χ2n) is 6.48. The van der Waals surface area contributed by atoms with Crippen LogP contribution in [0.25, 0.3) is 0 Å². The summed E-state index contributed by atoms with van der Waals surface area (Å²) >= 11 is 0. The van der Waals surface area contributed by atoms with E-state index in [1.165, 1.54) is 11.0 Å². The normalized spacial score (nSPS) is 29.1. The molecule has 0 bridgehead atoms. The monoisotopic (exact) mass is 359 g/mol. The van der Waals surface area contributed by atoms with Crippen LogP contribution in [0.1, 0.15) is 52.4 Å². The zero-order chi connectivity index (χ0) is 18.4. The van der Waals surface area contributed by atoms with Gasteiger partial charge in [-0.1, -0.05) is 0 Å². The molecule has 0 aromatic heterocycles. The SMILES string of the molecule is CCN(CC)C(=O)O/C1=C\CCCCC(=O)[C@@H]2OCCC[C@@H]2C1(F)F. The maximum Gasteiger partial charge on any atom is 0.415 e. The van der Waals surface area contributed by atoms with Crippen molar-refractivity contribution in [1.82, 2.24) is 4.90 Å². The molecular formula is C18H27F2NO4. The maximum absolute atomic E-state index is 15.2. The molecule has 142 valence electrons. The van der Waals surface area contributed by atoms with E-state index in [-0.39, 0.29) is 18.6 Å². The summed E-state index contributed by atoms with van der Waals surface area (Å²) in [7, 11) is 0. The molecule has 5 nitrogen and oxygen atoms in total. The molecule has 0 N–H and O–H groups in total. The molecule has 7 heteroatoms. The minimum atomic E-state index is -3.42. The summed E-state index contributed by atoms with van der Waals surface area (Å²) in [5.41, 5.74) is 0. The van der Waals surface area contributed by atoms with E-state index in [4.69, 9.17) is 9.47 Å². The first kappa shape index (κ1) is 19.8. The number of halogens is 2. The number of hydrogen-bond acceptors (Lipinski definition) is 4. The smallest absolute Gasteiger partial charge is 0.409 e. The van der Waals surface area contributed by atoms with Crippen molar-refractivity contribution in [3.8, 4) is 0 Å². The molecule has 0 aromatic rings. The van der Waals surface area contributed by atoms with Gasteiger partial charge < -0.3 is 14.4 Å². The molecule has 0 saturated carbocycles. The molecule has 1 fully saturated rings. The van der Waals surface area contributed by atoms with E-state index < -0.39 is 29.8 Å². The number of rotatable bonds is 3. The fourth-order valence-electron chi connectivity index (χ4n) is 3.36. The van der Waals surface area contributed by atoms with E-state index in [0.717, 1.165) is 0 Å². The van der Waals surface area contributed by atoms with Crippen molar-refractivity contribution in [3.05, 3.63) is 11.8 Å². The fraction of sp³-hybridized carbons (Fsp3) is 0.778. The third-order valence-electron chi connectivity index (χ3n) is 4.86. The predicted molar refractivity (Wildman–Crippen MR) is 88.4 cm³/mol. The second-order valence-corrected chi connectivity index (χ2v) is 6.48. The van der Waals surface area contributed by atoms with E-state index in [2.05, 4.69) is 0 Å². The minimum Gasteiger partial charge on any atom is -0.409 e. The van der Waals surface area contributed by atoms with Crippen molar-refractivity contribution < 1.29 is 27.8 Å². The summed E-state index contributed by atoms with van der Waals surface area (Å²) in [5, 5.41) is 0. The van der Waals surface area contributed by atoms with Crippen LogP contribution in [0.5, 0.6) is 0 Å². The Labute approximate surface area is 147 Å². The van der Waals surface area contributed by atoms with Gasteiger partial charge in [0.15, 0.2) is 11.5 Å². The van der Waals surface area contributed by atoms with Gasteiger partial charge in [-0.25, -0.2) is 4.79 Å². The lowest BCUT2D eigenvalue weighted by Gasteiger charge is -2.37. The Morgan fingerprint density at radius 1 is 1.32 bits per heavy atom. The molecule has 25 heavy (non-hydrogen) atoms. The fourth-order valence-corrected chi connectivity index (χ4v) is 3.36. The zero-order valence-electron chi connectivity index (χ0n) is 14.9. The molecule has 0 aromatic carbocycles. The molecule has 0 unspecified atom stereocenters. The van der Waals surface area contributed by atoms with Crippen LogP contribution in [0.3, 0.4) is 0 Å². The number of ketones is 1. The van der Waals surface area contributed by atoms with Gasteiger partial charge in [0.25, 0.3) is 0 Å². The summed E-state index contributed by atoms with van der Waals surface area (Å²) in [6, 6.07) is 0. The summed E-state index contributed by atoms with van der Waals surface area (Å²) in [4.78, 5) is 25.8. The first-order valence-corrected chi connectivity index (χ1v) is 9.11. The van der Waals surface area contributed by atoms with Crippen LogP contribution in [0.2, 0.25) is 0 Å². The number of fused-ring (bicyclic) bond motifs is 1. The molecule has 2 aliphatic rings. The highest BCUT2D eigenvalue weighted by molar-refractivity contribution is 5.83. The Morgan fingerprint density at radius 2 is 2.04 bits per heavy atom. The van der Waals surface area contributed by atoms with Crippen LogP contribution in [0.15, 0.2) is 11.8 Å². The van der Waals surface area contributed by atoms with Crippen molar-refractivity contribution in [2.75, 3.05) is 19.7 Å². The largest absolute Gasteiger partial charge is 0.415 e. The van der Waals surface area contributed by atoms with Crippen molar-refractivity contribution in [2.45, 2.75) is 64.4 Å². The van der Waals surface area contributed by atoms with Crippen LogP contribution in [-0.4, -0.2) is 48.5 Å². The number of carbonyl (C=O) groups is 2. The van der Waals surface area contributed by atoms with Gasteiger partial charge in [-0.3, -0.25) is 4.79 Å². The number of nitrogens with zero attached hydrogens (tertiary/aromatic N) is 1. The van der Waals surface area contributed by atoms with Gasteiger partial charge in [-0.2, -0.15) is 8.78 Å². The van der Waals surface area contributed by atoms with Crippen molar-refractivity contribution in [3.63, 3.8) is 0 Å². The van der Waals surface area contributed by atoms with Crippen molar-refractivity contribution >= 4 is 11.9 Å². The van der Waals surface area contributed by atoms with Crippen LogP contribution >= 0.6 is 0 Å². The topological polar surface area (TPSA) is 55.8 Å². The third kappa shape index (κ3) is 4.57. The summed E-state index contributed by atoms with van der Waals surface area (Å²) < 4.78 is 40.8. The second kappa shape index (κ2) is 8.74. The number of allylic oxidation sites excluding steroid dienone is 2. The lowest BCUT2D eigenvalue weighted by molar-refractivity contribution is -0.163.